The van der Waals surface area contributed by atoms with Crippen molar-refractivity contribution >= 4 is 41.3 Å². The van der Waals surface area contributed by atoms with E-state index >= 15 is 4.79 Å². The van der Waals surface area contributed by atoms with E-state index in [1.807, 2.05) is 170 Å². The minimum Gasteiger partial charge on any atom is -0.458 e. The minimum absolute atomic E-state index is 0.0132. The van der Waals surface area contributed by atoms with Crippen LogP contribution in [0.25, 0.3) is 11.1 Å². The number of esters is 1. The topological polar surface area (TPSA) is 114 Å². The highest BCUT2D eigenvalue weighted by Crippen LogP contribution is 2.49. The fraction of sp³-hybridized carbons (Fsp3) is 0.143. The Kier molecular flexibility index (Phi) is 17.2. The zero-order valence-corrected chi connectivity index (χ0v) is 45.1. The summed E-state index contributed by atoms with van der Waals surface area (Å²) in [6.07, 6.45) is 0.439. The maximum absolute atomic E-state index is 15.9. The maximum Gasteiger partial charge on any atom is 0.407 e. The summed E-state index contributed by atoms with van der Waals surface area (Å²) >= 11 is 1.69. The van der Waals surface area contributed by atoms with Crippen LogP contribution >= 0.6 is 11.8 Å². The lowest BCUT2D eigenvalue weighted by molar-refractivity contribution is -0.123. The summed E-state index contributed by atoms with van der Waals surface area (Å²) in [5, 5.41) is 6.40. The Bertz CT molecular complexity index is 3290. The molecule has 0 radical (unpaired) electrons. The van der Waals surface area contributed by atoms with E-state index in [4.69, 9.17) is 9.47 Å². The third-order valence-corrected chi connectivity index (χ3v) is 16.3. The van der Waals surface area contributed by atoms with Crippen LogP contribution in [0.1, 0.15) is 73.6 Å². The smallest absolute Gasteiger partial charge is 0.407 e. The van der Waals surface area contributed by atoms with Crippen molar-refractivity contribution in [2.45, 2.75) is 35.1 Å². The molecule has 398 valence electrons. The van der Waals surface area contributed by atoms with Crippen LogP contribution in [0, 0.1) is 0 Å². The number of carbonyl (C=O) groups is 4. The van der Waals surface area contributed by atoms with Crippen molar-refractivity contribution < 1.29 is 28.7 Å². The van der Waals surface area contributed by atoms with E-state index in [2.05, 4.69) is 77.9 Å². The van der Waals surface area contributed by atoms with Crippen LogP contribution < -0.4 is 15.5 Å². The highest BCUT2D eigenvalue weighted by atomic mass is 32.2. The molecule has 0 bridgehead atoms. The molecular weight excluding hydrogens is 1010 g/mol. The van der Waals surface area contributed by atoms with Crippen molar-refractivity contribution in [3.8, 4) is 11.1 Å². The average Bonchev–Trinajstić information content (AvgIpc) is 3.86. The number of amides is 3. The number of nitrogens with one attached hydrogen (secondary N) is 2. The van der Waals surface area contributed by atoms with Crippen molar-refractivity contribution in [1.82, 2.24) is 10.6 Å². The number of fused-ring (bicyclic) bond motifs is 3. The predicted molar refractivity (Wildman–Crippen MR) is 320 cm³/mol. The maximum atomic E-state index is 15.9. The first-order valence-corrected chi connectivity index (χ1v) is 27.9. The largest absolute Gasteiger partial charge is 0.458 e. The first-order chi connectivity index (χ1) is 39.3. The SMILES string of the molecule is C=CCOC(=O)c1ccc(N(CCSC(c2ccccc2)(c2ccccc2)c2ccccc2)C(=O)[C@H](CCC(=O)NC(c2ccccc2)(c2ccccc2)c2ccccc2)NC(=O)OCC2c3ccccc3-c3ccccc32)cc1. The molecule has 80 heavy (non-hydrogen) atoms. The number of nitrogens with zero attached hydrogens (tertiary/aromatic N) is 1. The molecule has 9 aromatic rings. The number of ether oxygens (including phenoxy) is 2. The Morgan fingerprint density at radius 1 is 0.537 bits per heavy atom. The molecule has 0 unspecified atom stereocenters. The normalized spacial score (nSPS) is 12.2. The Morgan fingerprint density at radius 3 is 1.41 bits per heavy atom. The Morgan fingerprint density at radius 2 is 0.963 bits per heavy atom. The van der Waals surface area contributed by atoms with E-state index in [1.54, 1.807) is 40.9 Å². The molecule has 0 saturated heterocycles. The Balaban J connectivity index is 1.00. The third-order valence-electron chi connectivity index (χ3n) is 14.7. The van der Waals surface area contributed by atoms with Crippen LogP contribution in [0.5, 0.6) is 0 Å². The van der Waals surface area contributed by atoms with Gasteiger partial charge in [-0.3, -0.25) is 9.59 Å². The number of hydrogen-bond acceptors (Lipinski definition) is 7. The number of anilines is 1. The zero-order chi connectivity index (χ0) is 55.2. The number of rotatable bonds is 22. The van der Waals surface area contributed by atoms with Crippen LogP contribution in [0.2, 0.25) is 0 Å². The van der Waals surface area contributed by atoms with E-state index in [9.17, 15) is 14.4 Å². The van der Waals surface area contributed by atoms with Gasteiger partial charge >= 0.3 is 12.1 Å². The fourth-order valence-corrected chi connectivity index (χ4v) is 12.5. The summed E-state index contributed by atoms with van der Waals surface area (Å²) in [6, 6.07) is 82.0. The van der Waals surface area contributed by atoms with E-state index in [-0.39, 0.29) is 50.0 Å². The van der Waals surface area contributed by atoms with Gasteiger partial charge in [0.25, 0.3) is 0 Å². The van der Waals surface area contributed by atoms with Crippen molar-refractivity contribution in [2.75, 3.05) is 30.4 Å². The molecule has 3 amide bonds. The summed E-state index contributed by atoms with van der Waals surface area (Å²) in [5.74, 6) is -1.20. The lowest BCUT2D eigenvalue weighted by atomic mass is 9.77. The first-order valence-electron chi connectivity index (χ1n) is 26.9. The van der Waals surface area contributed by atoms with Crippen LogP contribution in [-0.2, 0) is 29.3 Å². The van der Waals surface area contributed by atoms with Crippen LogP contribution in [-0.4, -0.2) is 55.4 Å². The van der Waals surface area contributed by atoms with Crippen molar-refractivity contribution in [3.63, 3.8) is 0 Å². The van der Waals surface area contributed by atoms with Crippen molar-refractivity contribution in [3.05, 3.63) is 318 Å². The van der Waals surface area contributed by atoms with Gasteiger partial charge in [0.05, 0.1) is 10.3 Å². The molecule has 10 rings (SSSR count). The number of benzene rings is 9. The van der Waals surface area contributed by atoms with Gasteiger partial charge in [0.15, 0.2) is 0 Å². The molecule has 0 heterocycles. The zero-order valence-electron chi connectivity index (χ0n) is 44.2. The highest BCUT2D eigenvalue weighted by Gasteiger charge is 2.40. The lowest BCUT2D eigenvalue weighted by Crippen LogP contribution is -2.51. The second-order valence-electron chi connectivity index (χ2n) is 19.5. The summed E-state index contributed by atoms with van der Waals surface area (Å²) in [7, 11) is 0. The Labute approximate surface area is 472 Å². The third kappa shape index (κ3) is 11.6. The molecule has 0 spiro atoms. The molecule has 9 nitrogen and oxygen atoms in total. The van der Waals surface area contributed by atoms with Crippen LogP contribution in [0.3, 0.4) is 0 Å². The molecule has 0 aliphatic heterocycles. The summed E-state index contributed by atoms with van der Waals surface area (Å²) in [5.41, 5.74) is 9.58. The number of thioether (sulfide) groups is 1. The van der Waals surface area contributed by atoms with E-state index in [1.165, 1.54) is 6.08 Å². The number of hydrogen-bond donors (Lipinski definition) is 2. The van der Waals surface area contributed by atoms with Gasteiger partial charge in [-0.25, -0.2) is 9.59 Å². The second-order valence-corrected chi connectivity index (χ2v) is 20.8. The average molecular weight is 1070 g/mol. The molecule has 0 aromatic heterocycles. The van der Waals surface area contributed by atoms with Gasteiger partial charge in [0, 0.05) is 30.3 Å². The summed E-state index contributed by atoms with van der Waals surface area (Å²) < 4.78 is 10.8. The molecular formula is C70H61N3O6S. The molecule has 10 heteroatoms. The van der Waals surface area contributed by atoms with E-state index < -0.39 is 34.3 Å². The Hall–Kier alpha value is -9.25. The minimum atomic E-state index is -1.26. The van der Waals surface area contributed by atoms with E-state index in [0.717, 1.165) is 55.6 Å². The van der Waals surface area contributed by atoms with Gasteiger partial charge in [-0.15, -0.1) is 11.8 Å². The summed E-state index contributed by atoms with van der Waals surface area (Å²) in [4.78, 5) is 60.1. The molecule has 2 N–H and O–H groups in total. The fourth-order valence-electron chi connectivity index (χ4n) is 11.0. The predicted octanol–water partition coefficient (Wildman–Crippen LogP) is 13.9. The van der Waals surface area contributed by atoms with Gasteiger partial charge < -0.3 is 25.0 Å². The molecule has 0 fully saturated rings. The molecule has 9 aromatic carbocycles. The van der Waals surface area contributed by atoms with Gasteiger partial charge in [-0.2, -0.15) is 0 Å². The molecule has 0 saturated carbocycles. The van der Waals surface area contributed by atoms with Gasteiger partial charge in [-0.05, 0) is 86.3 Å². The highest BCUT2D eigenvalue weighted by molar-refractivity contribution is 8.00. The van der Waals surface area contributed by atoms with Gasteiger partial charge in [-0.1, -0.05) is 243 Å². The van der Waals surface area contributed by atoms with Crippen LogP contribution in [0.4, 0.5) is 10.5 Å². The second kappa shape index (κ2) is 25.5. The van der Waals surface area contributed by atoms with E-state index in [0.29, 0.717) is 11.4 Å². The summed E-state index contributed by atoms with van der Waals surface area (Å²) in [6.45, 7) is 3.88. The molecule has 1 atom stereocenters. The standard InChI is InChI=1S/C70H61N3O6S/c1-2-48-78-67(76)51-41-43-58(44-42-51)73(47-49-80-70(55-31-15-6-16-32-55,56-33-17-7-18-34-56)57-35-19-8-20-36-57)66(75)64(71-68(77)79-50-63-61-39-23-21-37-59(61)60-38-22-24-40-62(60)63)45-46-65(74)72-69(52-25-9-3-10-26-52,53-27-11-4-12-28-53)54-29-13-5-14-30-54/h2-44,63-64H,1,45-50H2,(H,71,77)(H,72,74)/t64-/m0/s1. The van der Waals surface area contributed by atoms with Crippen molar-refractivity contribution in [2.24, 2.45) is 0 Å². The van der Waals surface area contributed by atoms with Gasteiger partial charge in [0.2, 0.25) is 11.8 Å². The van der Waals surface area contributed by atoms with Crippen LogP contribution in [0.15, 0.2) is 267 Å². The first kappa shape index (κ1) is 54.1. The quantitative estimate of drug-likeness (QED) is 0.0395. The molecule has 1 aliphatic carbocycles. The number of alkyl carbamates (subject to hydrolysis) is 1. The van der Waals surface area contributed by atoms with Gasteiger partial charge in [0.1, 0.15) is 24.8 Å². The molecule has 1 aliphatic rings. The lowest BCUT2D eigenvalue weighted by Gasteiger charge is -2.37. The van der Waals surface area contributed by atoms with Crippen molar-refractivity contribution in [1.29, 1.82) is 0 Å². The number of carbonyl (C=O) groups excluding carboxylic acids is 4. The monoisotopic (exact) mass is 1070 g/mol.